The summed E-state index contributed by atoms with van der Waals surface area (Å²) < 4.78 is 28.1. The molecule has 0 bridgehead atoms. The third-order valence-electron chi connectivity index (χ3n) is 4.44. The van der Waals surface area contributed by atoms with Crippen LogP contribution in [0.5, 0.6) is 0 Å². The molecule has 0 N–H and O–H groups in total. The fraction of sp³-hybridized carbons (Fsp3) is 0.955. The summed E-state index contributed by atoms with van der Waals surface area (Å²) in [6.45, 7) is 20.3. The average Bonchev–Trinajstić information content (AvgIpc) is 2.42. The zero-order valence-electron chi connectivity index (χ0n) is 20.0. The number of ether oxygens (including phenoxy) is 5. The van der Waals surface area contributed by atoms with Gasteiger partial charge in [0.2, 0.25) is 0 Å². The van der Waals surface area contributed by atoms with Crippen LogP contribution in [0, 0.1) is 0 Å². The molecule has 0 aromatic rings. The van der Waals surface area contributed by atoms with Crippen LogP contribution in [-0.4, -0.2) is 55.0 Å². The van der Waals surface area contributed by atoms with Gasteiger partial charge >= 0.3 is 6.16 Å². The van der Waals surface area contributed by atoms with Crippen LogP contribution in [0.4, 0.5) is 4.79 Å². The third-order valence-corrected chi connectivity index (χ3v) is 4.44. The number of rotatable bonds is 13. The van der Waals surface area contributed by atoms with E-state index in [4.69, 9.17) is 23.7 Å². The fourth-order valence-electron chi connectivity index (χ4n) is 3.15. The molecule has 6 heteroatoms. The first kappa shape index (κ1) is 27.1. The Labute approximate surface area is 172 Å². The molecule has 0 rings (SSSR count). The molecule has 0 aliphatic heterocycles. The molecule has 0 heterocycles. The fourth-order valence-corrected chi connectivity index (χ4v) is 3.15. The predicted molar refractivity (Wildman–Crippen MR) is 112 cm³/mol. The van der Waals surface area contributed by atoms with Crippen molar-refractivity contribution < 1.29 is 28.5 Å². The largest absolute Gasteiger partial charge is 0.509 e. The summed E-state index contributed by atoms with van der Waals surface area (Å²) in [6.07, 6.45) is 1.11. The van der Waals surface area contributed by atoms with Gasteiger partial charge in [0.1, 0.15) is 11.7 Å². The minimum atomic E-state index is -0.697. The van der Waals surface area contributed by atoms with Gasteiger partial charge in [-0.25, -0.2) is 4.79 Å². The summed E-state index contributed by atoms with van der Waals surface area (Å²) in [5.41, 5.74) is -1.37. The Morgan fingerprint density at radius 2 is 1.36 bits per heavy atom. The van der Waals surface area contributed by atoms with Crippen LogP contribution in [0.25, 0.3) is 0 Å². The second-order valence-corrected chi connectivity index (χ2v) is 9.77. The maximum absolute atomic E-state index is 12.2. The molecule has 0 aromatic carbocycles. The van der Waals surface area contributed by atoms with Gasteiger partial charge in [0.15, 0.2) is 0 Å². The van der Waals surface area contributed by atoms with Crippen LogP contribution < -0.4 is 0 Å². The first-order valence-corrected chi connectivity index (χ1v) is 10.3. The van der Waals surface area contributed by atoms with E-state index in [0.717, 1.165) is 6.42 Å². The van der Waals surface area contributed by atoms with Crippen LogP contribution in [0.3, 0.4) is 0 Å². The molecule has 2 atom stereocenters. The maximum Gasteiger partial charge on any atom is 0.509 e. The lowest BCUT2D eigenvalue weighted by Crippen LogP contribution is -2.38. The average molecular weight is 405 g/mol. The van der Waals surface area contributed by atoms with E-state index in [0.29, 0.717) is 19.4 Å². The Morgan fingerprint density at radius 3 is 1.86 bits per heavy atom. The monoisotopic (exact) mass is 404 g/mol. The van der Waals surface area contributed by atoms with E-state index in [2.05, 4.69) is 13.8 Å². The van der Waals surface area contributed by atoms with Crippen molar-refractivity contribution in [3.8, 4) is 0 Å². The minimum absolute atomic E-state index is 0.0818. The van der Waals surface area contributed by atoms with Gasteiger partial charge in [0, 0.05) is 26.6 Å². The molecule has 168 valence electrons. The van der Waals surface area contributed by atoms with Gasteiger partial charge in [-0.3, -0.25) is 0 Å². The first-order valence-electron chi connectivity index (χ1n) is 10.3. The second kappa shape index (κ2) is 11.4. The SMILES string of the molecule is COC(C)(C)CC(C)OC(=O)OC(C)(C)CC(C)OC(C)(C)CCOC(C)C. The molecule has 0 aliphatic rings. The molecule has 0 spiro atoms. The highest BCUT2D eigenvalue weighted by Crippen LogP contribution is 2.25. The number of carbonyl (C=O) groups is 1. The van der Waals surface area contributed by atoms with E-state index in [1.54, 1.807) is 7.11 Å². The third kappa shape index (κ3) is 13.3. The maximum atomic E-state index is 12.2. The summed E-state index contributed by atoms with van der Waals surface area (Å²) in [5.74, 6) is 0. The van der Waals surface area contributed by atoms with Gasteiger partial charge in [0.25, 0.3) is 0 Å². The number of hydrogen-bond donors (Lipinski definition) is 0. The quantitative estimate of drug-likeness (QED) is 0.377. The number of hydrogen-bond acceptors (Lipinski definition) is 6. The second-order valence-electron chi connectivity index (χ2n) is 9.77. The van der Waals surface area contributed by atoms with Crippen LogP contribution >= 0.6 is 0 Å². The van der Waals surface area contributed by atoms with E-state index in [1.807, 2.05) is 55.4 Å². The van der Waals surface area contributed by atoms with Gasteiger partial charge in [0.05, 0.1) is 23.4 Å². The zero-order valence-corrected chi connectivity index (χ0v) is 20.0. The zero-order chi connectivity index (χ0) is 22.2. The summed E-state index contributed by atoms with van der Waals surface area (Å²) in [6, 6.07) is 0. The van der Waals surface area contributed by atoms with Crippen molar-refractivity contribution in [2.24, 2.45) is 0 Å². The summed E-state index contributed by atoms with van der Waals surface area (Å²) in [4.78, 5) is 12.2. The van der Waals surface area contributed by atoms with Crippen molar-refractivity contribution in [2.75, 3.05) is 13.7 Å². The van der Waals surface area contributed by atoms with E-state index in [9.17, 15) is 4.79 Å². The molecular weight excluding hydrogens is 360 g/mol. The van der Waals surface area contributed by atoms with Gasteiger partial charge in [-0.05, 0) is 75.7 Å². The lowest BCUT2D eigenvalue weighted by atomic mass is 9.99. The van der Waals surface area contributed by atoms with Gasteiger partial charge in [-0.1, -0.05) is 0 Å². The molecule has 28 heavy (non-hydrogen) atoms. The molecular formula is C22H44O6. The van der Waals surface area contributed by atoms with Crippen molar-refractivity contribution in [1.82, 2.24) is 0 Å². The van der Waals surface area contributed by atoms with Crippen molar-refractivity contribution in [2.45, 2.75) is 124 Å². The molecule has 0 amide bonds. The van der Waals surface area contributed by atoms with Gasteiger partial charge in [-0.15, -0.1) is 0 Å². The van der Waals surface area contributed by atoms with E-state index >= 15 is 0 Å². The normalized spacial score (nSPS) is 15.4. The highest BCUT2D eigenvalue weighted by molar-refractivity contribution is 5.60. The van der Waals surface area contributed by atoms with E-state index in [1.165, 1.54) is 0 Å². The topological polar surface area (TPSA) is 63.2 Å². The molecule has 2 unspecified atom stereocenters. The smallest absolute Gasteiger partial charge is 0.431 e. The molecule has 0 saturated heterocycles. The van der Waals surface area contributed by atoms with E-state index in [-0.39, 0.29) is 29.5 Å². The Morgan fingerprint density at radius 1 is 0.821 bits per heavy atom. The van der Waals surface area contributed by atoms with E-state index < -0.39 is 11.8 Å². The van der Waals surface area contributed by atoms with Crippen LogP contribution in [0.1, 0.15) is 88.5 Å². The Hall–Kier alpha value is -0.850. The molecule has 0 aromatic heterocycles. The minimum Gasteiger partial charge on any atom is -0.431 e. The predicted octanol–water partition coefficient (Wildman–Crippen LogP) is 5.51. The van der Waals surface area contributed by atoms with Crippen LogP contribution in [0.2, 0.25) is 0 Å². The van der Waals surface area contributed by atoms with Crippen molar-refractivity contribution in [3.05, 3.63) is 0 Å². The highest BCUT2D eigenvalue weighted by atomic mass is 16.7. The Balaban J connectivity index is 4.47. The molecule has 6 nitrogen and oxygen atoms in total. The first-order chi connectivity index (χ1) is 12.6. The molecule has 0 saturated carbocycles. The van der Waals surface area contributed by atoms with Gasteiger partial charge in [-0.2, -0.15) is 0 Å². The van der Waals surface area contributed by atoms with Gasteiger partial charge < -0.3 is 23.7 Å². The number of methoxy groups -OCH3 is 1. The van der Waals surface area contributed by atoms with Crippen LogP contribution in [-0.2, 0) is 23.7 Å². The van der Waals surface area contributed by atoms with Crippen molar-refractivity contribution >= 4 is 6.16 Å². The molecule has 0 radical (unpaired) electrons. The number of carbonyl (C=O) groups excluding carboxylic acids is 1. The van der Waals surface area contributed by atoms with Crippen molar-refractivity contribution in [3.63, 3.8) is 0 Å². The van der Waals surface area contributed by atoms with Crippen LogP contribution in [0.15, 0.2) is 0 Å². The standard InChI is InChI=1S/C22H44O6/c1-16(2)25-13-12-20(5,6)27-18(4)15-22(9,10)28-19(23)26-17(3)14-21(7,8)24-11/h16-18H,12-15H2,1-11H3. The Bertz CT molecular complexity index is 456. The van der Waals surface area contributed by atoms with Crippen molar-refractivity contribution in [1.29, 1.82) is 0 Å². The summed E-state index contributed by atoms with van der Waals surface area (Å²) in [7, 11) is 1.64. The highest BCUT2D eigenvalue weighted by Gasteiger charge is 2.31. The summed E-state index contributed by atoms with van der Waals surface area (Å²) >= 11 is 0. The Kier molecular flexibility index (Phi) is 11.0. The lowest BCUT2D eigenvalue weighted by Gasteiger charge is -2.34. The molecule has 0 fully saturated rings. The molecule has 0 aliphatic carbocycles. The summed E-state index contributed by atoms with van der Waals surface area (Å²) in [5, 5.41) is 0. The lowest BCUT2D eigenvalue weighted by molar-refractivity contribution is -0.113.